The summed E-state index contributed by atoms with van der Waals surface area (Å²) in [5.41, 5.74) is 7.30. The molecule has 1 amide bonds. The Morgan fingerprint density at radius 2 is 2.33 bits per heavy atom. The molecule has 1 fully saturated rings. The maximum Gasteiger partial charge on any atom is 0.240 e. The van der Waals surface area contributed by atoms with E-state index in [1.165, 1.54) is 5.56 Å². The fourth-order valence-corrected chi connectivity index (χ4v) is 2.70. The van der Waals surface area contributed by atoms with E-state index in [2.05, 4.69) is 30.7 Å². The van der Waals surface area contributed by atoms with Crippen LogP contribution in [0.25, 0.3) is 0 Å². The molecule has 2 atom stereocenters. The van der Waals surface area contributed by atoms with Gasteiger partial charge in [0.05, 0.1) is 6.04 Å². The van der Waals surface area contributed by atoms with E-state index in [1.54, 1.807) is 11.3 Å². The molecule has 0 spiro atoms. The van der Waals surface area contributed by atoms with Gasteiger partial charge >= 0.3 is 0 Å². The van der Waals surface area contributed by atoms with Gasteiger partial charge in [-0.2, -0.15) is 11.3 Å². The number of amides is 1. The maximum absolute atomic E-state index is 12.5. The molecule has 1 aromatic heterocycles. The van der Waals surface area contributed by atoms with Gasteiger partial charge in [0.25, 0.3) is 0 Å². The molecular weight excluding hydrogens is 244 g/mol. The fraction of sp³-hybridized carbons (Fsp3) is 0.643. The Hall–Kier alpha value is -0.870. The van der Waals surface area contributed by atoms with Gasteiger partial charge in [-0.25, -0.2) is 0 Å². The minimum Gasteiger partial charge on any atom is -0.334 e. The molecule has 1 aliphatic carbocycles. The first-order valence-corrected chi connectivity index (χ1v) is 7.65. The van der Waals surface area contributed by atoms with Gasteiger partial charge < -0.3 is 10.6 Å². The first kappa shape index (κ1) is 13.6. The van der Waals surface area contributed by atoms with E-state index in [1.807, 2.05) is 4.90 Å². The number of hydrogen-bond acceptors (Lipinski definition) is 3. The predicted octanol–water partition coefficient (Wildman–Crippen LogP) is 2.61. The Kier molecular flexibility index (Phi) is 4.40. The van der Waals surface area contributed by atoms with Crippen molar-refractivity contribution in [3.8, 4) is 0 Å². The van der Waals surface area contributed by atoms with Crippen LogP contribution in [0.15, 0.2) is 16.8 Å². The zero-order valence-electron chi connectivity index (χ0n) is 11.1. The smallest absolute Gasteiger partial charge is 0.240 e. The van der Waals surface area contributed by atoms with Gasteiger partial charge in [-0.15, -0.1) is 0 Å². The molecule has 1 aromatic rings. The lowest BCUT2D eigenvalue weighted by Gasteiger charge is -2.28. The van der Waals surface area contributed by atoms with Gasteiger partial charge in [-0.05, 0) is 41.1 Å². The van der Waals surface area contributed by atoms with Gasteiger partial charge in [0.2, 0.25) is 5.91 Å². The average Bonchev–Trinajstić information content (AvgIpc) is 3.10. The van der Waals surface area contributed by atoms with Crippen LogP contribution in [0, 0.1) is 5.92 Å². The topological polar surface area (TPSA) is 46.3 Å². The van der Waals surface area contributed by atoms with Crippen LogP contribution in [0.3, 0.4) is 0 Å². The summed E-state index contributed by atoms with van der Waals surface area (Å²) in [5, 5.41) is 4.16. The lowest BCUT2D eigenvalue weighted by atomic mass is 9.98. The Labute approximate surface area is 113 Å². The molecule has 0 bridgehead atoms. The molecule has 1 saturated carbocycles. The largest absolute Gasteiger partial charge is 0.334 e. The van der Waals surface area contributed by atoms with Gasteiger partial charge in [0, 0.05) is 12.6 Å². The third-order valence-corrected chi connectivity index (χ3v) is 4.48. The van der Waals surface area contributed by atoms with Crippen molar-refractivity contribution in [2.75, 3.05) is 0 Å². The molecule has 0 aromatic carbocycles. The van der Waals surface area contributed by atoms with E-state index in [-0.39, 0.29) is 17.9 Å². The Morgan fingerprint density at radius 1 is 1.61 bits per heavy atom. The zero-order valence-corrected chi connectivity index (χ0v) is 12.0. The van der Waals surface area contributed by atoms with Crippen LogP contribution in [0.5, 0.6) is 0 Å². The number of nitrogens with zero attached hydrogens (tertiary/aromatic N) is 1. The van der Waals surface area contributed by atoms with Crippen molar-refractivity contribution in [2.24, 2.45) is 11.7 Å². The summed E-state index contributed by atoms with van der Waals surface area (Å²) < 4.78 is 0. The minimum atomic E-state index is -0.353. The standard InChI is InChI=1S/C14H22N2OS/c1-3-10(2)13(15)14(17)16(12-4-5-12)8-11-6-7-18-9-11/h6-7,9-10,12-13H,3-5,8,15H2,1-2H3/t10?,13-/m0/s1. The highest BCUT2D eigenvalue weighted by Crippen LogP contribution is 2.30. The lowest BCUT2D eigenvalue weighted by molar-refractivity contribution is -0.135. The summed E-state index contributed by atoms with van der Waals surface area (Å²) in [5.74, 6) is 0.374. The fourth-order valence-electron chi connectivity index (χ4n) is 2.04. The van der Waals surface area contributed by atoms with E-state index in [0.717, 1.165) is 25.8 Å². The van der Waals surface area contributed by atoms with Gasteiger partial charge in [-0.1, -0.05) is 20.3 Å². The summed E-state index contributed by atoms with van der Waals surface area (Å²) in [4.78, 5) is 14.4. The third-order valence-electron chi connectivity index (χ3n) is 3.75. The molecule has 2 rings (SSSR count). The molecule has 18 heavy (non-hydrogen) atoms. The molecule has 2 N–H and O–H groups in total. The second-order valence-corrected chi connectivity index (χ2v) is 6.02. The van der Waals surface area contributed by atoms with Gasteiger partial charge in [-0.3, -0.25) is 4.79 Å². The highest BCUT2D eigenvalue weighted by molar-refractivity contribution is 7.07. The van der Waals surface area contributed by atoms with Crippen LogP contribution < -0.4 is 5.73 Å². The lowest BCUT2D eigenvalue weighted by Crippen LogP contribution is -2.47. The molecule has 0 aliphatic heterocycles. The van der Waals surface area contributed by atoms with E-state index in [9.17, 15) is 4.79 Å². The van der Waals surface area contributed by atoms with E-state index < -0.39 is 0 Å². The number of rotatable bonds is 6. The summed E-state index contributed by atoms with van der Waals surface area (Å²) in [7, 11) is 0. The maximum atomic E-state index is 12.5. The van der Waals surface area contributed by atoms with Crippen molar-refractivity contribution in [2.45, 2.75) is 51.7 Å². The SMILES string of the molecule is CCC(C)[C@H](N)C(=O)N(Cc1ccsc1)C1CC1. The van der Waals surface area contributed by atoms with Crippen LogP contribution in [-0.2, 0) is 11.3 Å². The van der Waals surface area contributed by atoms with E-state index in [0.29, 0.717) is 6.04 Å². The van der Waals surface area contributed by atoms with Crippen molar-refractivity contribution in [3.05, 3.63) is 22.4 Å². The first-order chi connectivity index (χ1) is 8.63. The molecule has 1 unspecified atom stereocenters. The van der Waals surface area contributed by atoms with Crippen molar-refractivity contribution in [1.29, 1.82) is 0 Å². The summed E-state index contributed by atoms with van der Waals surface area (Å²) in [6, 6.07) is 2.16. The van der Waals surface area contributed by atoms with Crippen molar-refractivity contribution in [1.82, 2.24) is 4.90 Å². The van der Waals surface area contributed by atoms with E-state index >= 15 is 0 Å². The van der Waals surface area contributed by atoms with Crippen molar-refractivity contribution in [3.63, 3.8) is 0 Å². The highest BCUT2D eigenvalue weighted by atomic mass is 32.1. The monoisotopic (exact) mass is 266 g/mol. The number of carbonyl (C=O) groups excluding carboxylic acids is 1. The number of carbonyl (C=O) groups is 1. The number of nitrogens with two attached hydrogens (primary N) is 1. The average molecular weight is 266 g/mol. The van der Waals surface area contributed by atoms with Crippen LogP contribution in [0.1, 0.15) is 38.7 Å². The third kappa shape index (κ3) is 3.12. The normalized spacial score (nSPS) is 18.4. The van der Waals surface area contributed by atoms with Crippen LogP contribution in [0.4, 0.5) is 0 Å². The highest BCUT2D eigenvalue weighted by Gasteiger charge is 2.35. The van der Waals surface area contributed by atoms with Crippen molar-refractivity contribution < 1.29 is 4.79 Å². The molecular formula is C14H22N2OS. The molecule has 100 valence electrons. The van der Waals surface area contributed by atoms with Crippen molar-refractivity contribution >= 4 is 17.2 Å². The minimum absolute atomic E-state index is 0.123. The van der Waals surface area contributed by atoms with Gasteiger partial charge in [0.1, 0.15) is 0 Å². The van der Waals surface area contributed by atoms with Crippen LogP contribution in [0.2, 0.25) is 0 Å². The summed E-state index contributed by atoms with van der Waals surface area (Å²) in [6.07, 6.45) is 3.20. The summed E-state index contributed by atoms with van der Waals surface area (Å²) in [6.45, 7) is 4.85. The second-order valence-electron chi connectivity index (χ2n) is 5.24. The van der Waals surface area contributed by atoms with Gasteiger partial charge in [0.15, 0.2) is 0 Å². The second kappa shape index (κ2) is 5.85. The Bertz CT molecular complexity index is 387. The first-order valence-electron chi connectivity index (χ1n) is 6.70. The van der Waals surface area contributed by atoms with E-state index in [4.69, 9.17) is 5.73 Å². The Balaban J connectivity index is 2.03. The molecule has 4 heteroatoms. The van der Waals surface area contributed by atoms with Crippen LogP contribution in [-0.4, -0.2) is 22.9 Å². The quantitative estimate of drug-likeness (QED) is 0.860. The summed E-state index contributed by atoms with van der Waals surface area (Å²) >= 11 is 1.68. The molecule has 0 saturated heterocycles. The number of hydrogen-bond donors (Lipinski definition) is 1. The predicted molar refractivity (Wildman–Crippen MR) is 75.3 cm³/mol. The molecule has 1 aliphatic rings. The molecule has 3 nitrogen and oxygen atoms in total. The Morgan fingerprint density at radius 3 is 2.83 bits per heavy atom. The zero-order chi connectivity index (χ0) is 13.1. The number of thiophene rings is 1. The molecule has 0 radical (unpaired) electrons. The van der Waals surface area contributed by atoms with Crippen LogP contribution >= 0.6 is 11.3 Å². The molecule has 1 heterocycles.